The van der Waals surface area contributed by atoms with Gasteiger partial charge in [0.25, 0.3) is 5.92 Å². The number of halogens is 5. The van der Waals surface area contributed by atoms with E-state index in [4.69, 9.17) is 0 Å². The molecule has 2 aromatic heterocycles. The lowest BCUT2D eigenvalue weighted by atomic mass is 10.0. The molecule has 162 valence electrons. The lowest BCUT2D eigenvalue weighted by Crippen LogP contribution is -2.42. The number of carbonyl (C=O) groups is 1. The minimum Gasteiger partial charge on any atom is -0.335 e. The summed E-state index contributed by atoms with van der Waals surface area (Å²) in [6.07, 6.45) is -3.80. The quantitative estimate of drug-likeness (QED) is 0.699. The zero-order valence-corrected chi connectivity index (χ0v) is 15.7. The van der Waals surface area contributed by atoms with E-state index in [1.807, 2.05) is 0 Å². The lowest BCUT2D eigenvalue weighted by Gasteiger charge is -2.27. The number of nitrogens with zero attached hydrogens (tertiary/aromatic N) is 5. The summed E-state index contributed by atoms with van der Waals surface area (Å²) in [5.74, 6) is -3.20. The summed E-state index contributed by atoms with van der Waals surface area (Å²) >= 11 is 0. The van der Waals surface area contributed by atoms with Crippen LogP contribution in [0.5, 0.6) is 0 Å². The van der Waals surface area contributed by atoms with Crippen LogP contribution in [0.2, 0.25) is 0 Å². The van der Waals surface area contributed by atoms with Crippen molar-refractivity contribution >= 4 is 5.91 Å². The van der Waals surface area contributed by atoms with Crippen molar-refractivity contribution in [2.75, 3.05) is 13.1 Å². The molecule has 2 aliphatic rings. The summed E-state index contributed by atoms with van der Waals surface area (Å²) < 4.78 is 67.7. The molecule has 7 nitrogen and oxygen atoms in total. The number of rotatable bonds is 3. The van der Waals surface area contributed by atoms with Crippen molar-refractivity contribution in [2.45, 2.75) is 50.4 Å². The van der Waals surface area contributed by atoms with E-state index in [0.717, 1.165) is 15.6 Å². The molecule has 0 aromatic carbocycles. The van der Waals surface area contributed by atoms with Crippen LogP contribution in [-0.4, -0.2) is 49.2 Å². The summed E-state index contributed by atoms with van der Waals surface area (Å²) in [5, 5.41) is 4.15. The first-order valence-electron chi connectivity index (χ1n) is 9.43. The third kappa shape index (κ3) is 3.82. The van der Waals surface area contributed by atoms with E-state index in [1.165, 1.54) is 16.7 Å². The molecule has 1 fully saturated rings. The topological polar surface area (TPSA) is 73.0 Å². The molecule has 1 amide bonds. The molecule has 1 atom stereocenters. The molecule has 1 saturated heterocycles. The Bertz CT molecular complexity index is 1030. The standard InChI is InChI=1S/C18H18F5N5O2/c19-17(20)7-8-26(10-17)15(29)12-4-2-6-14-25-27(16(30)28(12)14)9-11-3-1-5-13(24-11)18(21,22)23/h1,3,5,12H,2,4,6-10H2. The minimum absolute atomic E-state index is 0.00978. The fourth-order valence-corrected chi connectivity index (χ4v) is 3.88. The number of fused-ring (bicyclic) bond motifs is 1. The van der Waals surface area contributed by atoms with Crippen LogP contribution in [0, 0.1) is 0 Å². The highest BCUT2D eigenvalue weighted by molar-refractivity contribution is 5.81. The number of likely N-dealkylation sites (tertiary alicyclic amines) is 1. The van der Waals surface area contributed by atoms with Crippen molar-refractivity contribution in [1.29, 1.82) is 0 Å². The monoisotopic (exact) mass is 431 g/mol. The number of aromatic nitrogens is 4. The van der Waals surface area contributed by atoms with Crippen molar-refractivity contribution < 1.29 is 26.7 Å². The Kier molecular flexibility index (Phi) is 4.89. The van der Waals surface area contributed by atoms with Crippen LogP contribution in [0.4, 0.5) is 22.0 Å². The van der Waals surface area contributed by atoms with E-state index in [1.54, 1.807) is 0 Å². The van der Waals surface area contributed by atoms with Crippen molar-refractivity contribution in [1.82, 2.24) is 24.2 Å². The van der Waals surface area contributed by atoms with Gasteiger partial charge in [0.05, 0.1) is 18.8 Å². The Hall–Kier alpha value is -2.79. The van der Waals surface area contributed by atoms with Crippen LogP contribution >= 0.6 is 0 Å². The number of hydrogen-bond acceptors (Lipinski definition) is 4. The maximum Gasteiger partial charge on any atom is 0.433 e. The Morgan fingerprint density at radius 1 is 1.27 bits per heavy atom. The van der Waals surface area contributed by atoms with Gasteiger partial charge in [0.1, 0.15) is 17.6 Å². The van der Waals surface area contributed by atoms with Gasteiger partial charge in [0, 0.05) is 19.4 Å². The zero-order valence-electron chi connectivity index (χ0n) is 15.7. The highest BCUT2D eigenvalue weighted by Gasteiger charge is 2.43. The van der Waals surface area contributed by atoms with Crippen molar-refractivity contribution in [2.24, 2.45) is 0 Å². The maximum atomic E-state index is 13.5. The Balaban J connectivity index is 1.61. The van der Waals surface area contributed by atoms with E-state index < -0.39 is 48.4 Å². The molecule has 0 bridgehead atoms. The first kappa shape index (κ1) is 20.5. The van der Waals surface area contributed by atoms with Gasteiger partial charge >= 0.3 is 11.9 Å². The summed E-state index contributed by atoms with van der Waals surface area (Å²) in [4.78, 5) is 30.2. The third-order valence-electron chi connectivity index (χ3n) is 5.31. The lowest BCUT2D eigenvalue weighted by molar-refractivity contribution is -0.141. The van der Waals surface area contributed by atoms with Crippen LogP contribution in [0.25, 0.3) is 0 Å². The number of pyridine rings is 1. The molecular weight excluding hydrogens is 413 g/mol. The van der Waals surface area contributed by atoms with Gasteiger partial charge in [-0.05, 0) is 25.0 Å². The van der Waals surface area contributed by atoms with Gasteiger partial charge in [-0.15, -0.1) is 0 Å². The van der Waals surface area contributed by atoms with Gasteiger partial charge in [0.2, 0.25) is 5.91 Å². The fourth-order valence-electron chi connectivity index (χ4n) is 3.88. The van der Waals surface area contributed by atoms with Crippen LogP contribution in [0.1, 0.15) is 42.5 Å². The summed E-state index contributed by atoms with van der Waals surface area (Å²) in [5.41, 5.74) is -1.77. The maximum absolute atomic E-state index is 13.5. The van der Waals surface area contributed by atoms with E-state index in [0.29, 0.717) is 25.1 Å². The molecule has 4 heterocycles. The van der Waals surface area contributed by atoms with Crippen LogP contribution in [-0.2, 0) is 23.9 Å². The van der Waals surface area contributed by atoms with E-state index in [9.17, 15) is 31.5 Å². The number of carbonyl (C=O) groups excluding carboxylic acids is 1. The summed E-state index contributed by atoms with van der Waals surface area (Å²) in [7, 11) is 0. The second kappa shape index (κ2) is 7.17. The number of alkyl halides is 5. The Morgan fingerprint density at radius 3 is 2.70 bits per heavy atom. The third-order valence-corrected chi connectivity index (χ3v) is 5.31. The predicted octanol–water partition coefficient (Wildman–Crippen LogP) is 2.25. The predicted molar refractivity (Wildman–Crippen MR) is 92.9 cm³/mol. The molecule has 0 spiro atoms. The summed E-state index contributed by atoms with van der Waals surface area (Å²) in [6, 6.07) is 2.41. The van der Waals surface area contributed by atoms with Gasteiger partial charge < -0.3 is 4.90 Å². The Morgan fingerprint density at radius 2 is 2.03 bits per heavy atom. The molecule has 30 heavy (non-hydrogen) atoms. The van der Waals surface area contributed by atoms with Crippen molar-refractivity contribution in [3.8, 4) is 0 Å². The van der Waals surface area contributed by atoms with Gasteiger partial charge in [-0.3, -0.25) is 9.36 Å². The van der Waals surface area contributed by atoms with Gasteiger partial charge in [-0.1, -0.05) is 6.07 Å². The number of hydrogen-bond donors (Lipinski definition) is 0. The average Bonchev–Trinajstić information content (AvgIpc) is 3.20. The zero-order chi connectivity index (χ0) is 21.7. The molecular formula is C18H18F5N5O2. The molecule has 1 unspecified atom stereocenters. The highest BCUT2D eigenvalue weighted by Crippen LogP contribution is 2.31. The summed E-state index contributed by atoms with van der Waals surface area (Å²) in [6.45, 7) is -1.07. The van der Waals surface area contributed by atoms with Gasteiger partial charge in [0.15, 0.2) is 0 Å². The Labute approximate surface area is 167 Å². The molecule has 0 aliphatic carbocycles. The highest BCUT2D eigenvalue weighted by atomic mass is 19.4. The second-order valence-corrected chi connectivity index (χ2v) is 7.51. The largest absolute Gasteiger partial charge is 0.433 e. The van der Waals surface area contributed by atoms with E-state index in [-0.39, 0.29) is 18.8 Å². The SMILES string of the molecule is O=C(C1CCCc2nn(Cc3cccc(C(F)(F)F)n3)c(=O)n21)N1CCC(F)(F)C1. The molecule has 2 aliphatic heterocycles. The second-order valence-electron chi connectivity index (χ2n) is 7.51. The van der Waals surface area contributed by atoms with E-state index >= 15 is 0 Å². The molecule has 0 radical (unpaired) electrons. The first-order valence-corrected chi connectivity index (χ1v) is 9.43. The van der Waals surface area contributed by atoms with Crippen molar-refractivity contribution in [3.63, 3.8) is 0 Å². The number of amides is 1. The normalized spacial score (nSPS) is 21.0. The van der Waals surface area contributed by atoms with Crippen LogP contribution in [0.15, 0.2) is 23.0 Å². The molecule has 12 heteroatoms. The van der Waals surface area contributed by atoms with Crippen LogP contribution < -0.4 is 5.69 Å². The van der Waals surface area contributed by atoms with Gasteiger partial charge in [-0.2, -0.15) is 18.3 Å². The minimum atomic E-state index is -4.62. The van der Waals surface area contributed by atoms with Gasteiger partial charge in [-0.25, -0.2) is 23.2 Å². The number of aryl methyl sites for hydroxylation is 1. The molecule has 2 aromatic rings. The average molecular weight is 431 g/mol. The molecule has 4 rings (SSSR count). The fraction of sp³-hybridized carbons (Fsp3) is 0.556. The smallest absolute Gasteiger partial charge is 0.335 e. The van der Waals surface area contributed by atoms with Crippen LogP contribution in [0.3, 0.4) is 0 Å². The molecule has 0 N–H and O–H groups in total. The first-order chi connectivity index (χ1) is 14.0. The van der Waals surface area contributed by atoms with E-state index in [2.05, 4.69) is 10.1 Å². The van der Waals surface area contributed by atoms with Crippen molar-refractivity contribution in [3.05, 3.63) is 45.9 Å². The molecule has 0 saturated carbocycles.